The summed E-state index contributed by atoms with van der Waals surface area (Å²) in [5, 5.41) is 2.78. The molecule has 0 unspecified atom stereocenters. The van der Waals surface area contributed by atoms with E-state index in [-0.39, 0.29) is 30.2 Å². The Hall–Kier alpha value is -2.73. The Morgan fingerprint density at radius 1 is 1.08 bits per heavy atom. The largest absolute Gasteiger partial charge is 0.484 e. The molecule has 1 heterocycles. The average Bonchev–Trinajstić information content (AvgIpc) is 3.19. The van der Waals surface area contributed by atoms with E-state index in [9.17, 15) is 14.0 Å². The Kier molecular flexibility index (Phi) is 5.96. The number of hydrogen-bond acceptors (Lipinski definition) is 4. The zero-order valence-corrected chi connectivity index (χ0v) is 14.2. The summed E-state index contributed by atoms with van der Waals surface area (Å²) in [6.45, 7) is 1.14. The lowest BCUT2D eigenvalue weighted by atomic mass is 10.0. The molecule has 1 N–H and O–H groups in total. The molecule has 2 aromatic rings. The number of carbonyl (C=O) groups is 2. The fraction of sp³-hybridized carbons (Fsp3) is 0.300. The van der Waals surface area contributed by atoms with Crippen molar-refractivity contribution in [2.24, 2.45) is 0 Å². The molecule has 1 fully saturated rings. The molecule has 1 atom stereocenters. The van der Waals surface area contributed by atoms with E-state index < -0.39 is 0 Å². The van der Waals surface area contributed by atoms with Gasteiger partial charge in [-0.2, -0.15) is 0 Å². The van der Waals surface area contributed by atoms with Crippen LogP contribution in [0.2, 0.25) is 0 Å². The molecule has 0 aromatic heterocycles. The highest BCUT2D eigenvalue weighted by molar-refractivity contribution is 6.09. The van der Waals surface area contributed by atoms with Gasteiger partial charge in [-0.25, -0.2) is 4.39 Å². The molecule has 1 aliphatic rings. The number of amides is 1. The summed E-state index contributed by atoms with van der Waals surface area (Å²) in [5.41, 5.74) is 0.875. The van der Waals surface area contributed by atoms with Crippen LogP contribution in [0.25, 0.3) is 0 Å². The van der Waals surface area contributed by atoms with Crippen LogP contribution < -0.4 is 10.1 Å². The number of nitrogens with one attached hydrogen (secondary N) is 1. The first-order chi connectivity index (χ1) is 12.6. The monoisotopic (exact) mass is 357 g/mol. The quantitative estimate of drug-likeness (QED) is 0.774. The van der Waals surface area contributed by atoms with Gasteiger partial charge < -0.3 is 14.8 Å². The first kappa shape index (κ1) is 18.1. The van der Waals surface area contributed by atoms with E-state index in [1.165, 1.54) is 24.3 Å². The maximum atomic E-state index is 12.9. The van der Waals surface area contributed by atoms with Crippen molar-refractivity contribution in [3.63, 3.8) is 0 Å². The third kappa shape index (κ3) is 4.89. The number of ether oxygens (including phenoxy) is 2. The molecule has 0 saturated carbocycles. The third-order valence-electron chi connectivity index (χ3n) is 4.14. The normalized spacial score (nSPS) is 16.3. The summed E-state index contributed by atoms with van der Waals surface area (Å²) in [6.07, 6.45) is 2.08. The smallest absolute Gasteiger partial charge is 0.258 e. The minimum atomic E-state index is -0.386. The first-order valence-corrected chi connectivity index (χ1v) is 8.53. The van der Waals surface area contributed by atoms with Gasteiger partial charge in [0.1, 0.15) is 11.6 Å². The minimum Gasteiger partial charge on any atom is -0.484 e. The van der Waals surface area contributed by atoms with E-state index in [4.69, 9.17) is 9.47 Å². The van der Waals surface area contributed by atoms with E-state index in [1.54, 1.807) is 24.3 Å². The fourth-order valence-electron chi connectivity index (χ4n) is 2.70. The van der Waals surface area contributed by atoms with E-state index in [1.807, 2.05) is 0 Å². The van der Waals surface area contributed by atoms with E-state index in [0.717, 1.165) is 19.4 Å². The summed E-state index contributed by atoms with van der Waals surface area (Å²) >= 11 is 0. The van der Waals surface area contributed by atoms with Crippen molar-refractivity contribution in [3.8, 4) is 5.75 Å². The molecule has 1 aliphatic heterocycles. The molecule has 6 heteroatoms. The maximum Gasteiger partial charge on any atom is 0.258 e. The fourth-order valence-corrected chi connectivity index (χ4v) is 2.70. The van der Waals surface area contributed by atoms with Gasteiger partial charge in [0.2, 0.25) is 0 Å². The van der Waals surface area contributed by atoms with Gasteiger partial charge in [-0.3, -0.25) is 9.59 Å². The van der Waals surface area contributed by atoms with Crippen LogP contribution in [0.4, 0.5) is 4.39 Å². The average molecular weight is 357 g/mol. The van der Waals surface area contributed by atoms with Gasteiger partial charge in [-0.15, -0.1) is 0 Å². The molecule has 26 heavy (non-hydrogen) atoms. The Morgan fingerprint density at radius 3 is 2.35 bits per heavy atom. The molecule has 5 nitrogen and oxygen atoms in total. The van der Waals surface area contributed by atoms with Crippen molar-refractivity contribution in [2.45, 2.75) is 18.9 Å². The van der Waals surface area contributed by atoms with Crippen molar-refractivity contribution in [2.75, 3.05) is 19.8 Å². The van der Waals surface area contributed by atoms with Gasteiger partial charge in [0.25, 0.3) is 5.91 Å². The number of hydrogen-bond donors (Lipinski definition) is 1. The molecular formula is C20H20FNO4. The zero-order chi connectivity index (χ0) is 18.4. The van der Waals surface area contributed by atoms with Gasteiger partial charge >= 0.3 is 0 Å². The SMILES string of the molecule is O=C(COc1ccc(C(=O)c2ccc(F)cc2)cc1)NC[C@H]1CCCO1. The summed E-state index contributed by atoms with van der Waals surface area (Å²) in [7, 11) is 0. The maximum absolute atomic E-state index is 12.9. The highest BCUT2D eigenvalue weighted by Gasteiger charge is 2.16. The van der Waals surface area contributed by atoms with Crippen LogP contribution in [0.15, 0.2) is 48.5 Å². The lowest BCUT2D eigenvalue weighted by Gasteiger charge is -2.11. The number of carbonyl (C=O) groups excluding carboxylic acids is 2. The van der Waals surface area contributed by atoms with Crippen LogP contribution in [-0.2, 0) is 9.53 Å². The van der Waals surface area contributed by atoms with Crippen LogP contribution >= 0.6 is 0 Å². The van der Waals surface area contributed by atoms with Gasteiger partial charge in [0.05, 0.1) is 6.10 Å². The van der Waals surface area contributed by atoms with E-state index >= 15 is 0 Å². The topological polar surface area (TPSA) is 64.6 Å². The lowest BCUT2D eigenvalue weighted by molar-refractivity contribution is -0.123. The molecule has 136 valence electrons. The molecule has 3 rings (SSSR count). The minimum absolute atomic E-state index is 0.0932. The second kappa shape index (κ2) is 8.58. The second-order valence-electron chi connectivity index (χ2n) is 6.09. The number of rotatable bonds is 7. The molecule has 2 aromatic carbocycles. The van der Waals surface area contributed by atoms with E-state index in [0.29, 0.717) is 23.4 Å². The summed E-state index contributed by atoms with van der Waals surface area (Å²) in [4.78, 5) is 24.1. The zero-order valence-electron chi connectivity index (χ0n) is 14.2. The standard InChI is InChI=1S/C20H20FNO4/c21-16-7-3-14(4-8-16)20(24)15-5-9-17(10-6-15)26-13-19(23)22-12-18-2-1-11-25-18/h3-10,18H,1-2,11-13H2,(H,22,23)/t18-/m1/s1. The van der Waals surface area contributed by atoms with Gasteiger partial charge in [0, 0.05) is 24.3 Å². The van der Waals surface area contributed by atoms with Gasteiger partial charge in [0.15, 0.2) is 12.4 Å². The Bertz CT molecular complexity index is 752. The third-order valence-corrected chi connectivity index (χ3v) is 4.14. The molecule has 1 amide bonds. The lowest BCUT2D eigenvalue weighted by Crippen LogP contribution is -2.35. The summed E-state index contributed by atoms with van der Waals surface area (Å²) < 4.78 is 23.8. The van der Waals surface area contributed by atoms with Crippen molar-refractivity contribution >= 4 is 11.7 Å². The highest BCUT2D eigenvalue weighted by Crippen LogP contribution is 2.16. The predicted molar refractivity (Wildman–Crippen MR) is 93.8 cm³/mol. The van der Waals surface area contributed by atoms with Gasteiger partial charge in [-0.1, -0.05) is 0 Å². The van der Waals surface area contributed by atoms with Crippen molar-refractivity contribution < 1.29 is 23.5 Å². The van der Waals surface area contributed by atoms with Crippen LogP contribution in [0, 0.1) is 5.82 Å². The number of ketones is 1. The summed E-state index contributed by atoms with van der Waals surface area (Å²) in [6, 6.07) is 11.9. The molecule has 1 saturated heterocycles. The van der Waals surface area contributed by atoms with Crippen LogP contribution in [0.5, 0.6) is 5.75 Å². The Morgan fingerprint density at radius 2 is 1.73 bits per heavy atom. The number of benzene rings is 2. The van der Waals surface area contributed by atoms with Gasteiger partial charge in [-0.05, 0) is 61.4 Å². The predicted octanol–water partition coefficient (Wildman–Crippen LogP) is 2.73. The molecular weight excluding hydrogens is 337 g/mol. The van der Waals surface area contributed by atoms with Crippen LogP contribution in [0.1, 0.15) is 28.8 Å². The van der Waals surface area contributed by atoms with Crippen molar-refractivity contribution in [3.05, 3.63) is 65.5 Å². The highest BCUT2D eigenvalue weighted by atomic mass is 19.1. The molecule has 0 bridgehead atoms. The first-order valence-electron chi connectivity index (χ1n) is 8.53. The van der Waals surface area contributed by atoms with Crippen LogP contribution in [0.3, 0.4) is 0 Å². The Balaban J connectivity index is 1.48. The Labute approximate surface area is 151 Å². The van der Waals surface area contributed by atoms with E-state index in [2.05, 4.69) is 5.32 Å². The van der Waals surface area contributed by atoms with Crippen molar-refractivity contribution in [1.29, 1.82) is 0 Å². The molecule has 0 radical (unpaired) electrons. The van der Waals surface area contributed by atoms with Crippen molar-refractivity contribution in [1.82, 2.24) is 5.32 Å². The molecule has 0 aliphatic carbocycles. The number of halogens is 1. The molecule has 0 spiro atoms. The second-order valence-corrected chi connectivity index (χ2v) is 6.09. The van der Waals surface area contributed by atoms with Crippen LogP contribution in [-0.4, -0.2) is 37.6 Å². The summed E-state index contributed by atoms with van der Waals surface area (Å²) in [5.74, 6) is -0.311.